The quantitative estimate of drug-likeness (QED) is 0.0242. The lowest BCUT2D eigenvalue weighted by molar-refractivity contribution is -0.894. The third-order valence-corrected chi connectivity index (χ3v) is 26.2. The summed E-state index contributed by atoms with van der Waals surface area (Å²) in [4.78, 5) is 86.7. The molecule has 10 bridgehead atoms. The second-order valence-corrected chi connectivity index (χ2v) is 35.9. The van der Waals surface area contributed by atoms with Crippen LogP contribution in [0.4, 0.5) is 24.0 Å². The first-order valence-corrected chi connectivity index (χ1v) is 42.4. The number of hydrogen-bond donors (Lipinski definition) is 4. The van der Waals surface area contributed by atoms with Crippen LogP contribution in [-0.4, -0.2) is 290 Å². The van der Waals surface area contributed by atoms with Crippen LogP contribution in [0.1, 0.15) is 90.1 Å². The van der Waals surface area contributed by atoms with Crippen molar-refractivity contribution >= 4 is 83.9 Å². The number of hydroxylamine groups is 6. The van der Waals surface area contributed by atoms with E-state index in [4.69, 9.17) is 19.2 Å². The fourth-order valence-electron chi connectivity index (χ4n) is 13.0. The minimum absolute atomic E-state index is 0.0146. The number of nitrogens with one attached hydrogen (secondary N) is 3. The molecule has 5 saturated heterocycles. The normalized spacial score (nSPS) is 20.3. The third kappa shape index (κ3) is 22.0. The molecule has 32 nitrogen and oxygen atoms in total. The monoisotopic (exact) mass is 1670 g/mol. The van der Waals surface area contributed by atoms with Crippen molar-refractivity contribution in [3.63, 3.8) is 0 Å². The third-order valence-electron chi connectivity index (χ3n) is 21.0. The zero-order chi connectivity index (χ0) is 81.0. The number of aromatic amines is 2. The van der Waals surface area contributed by atoms with E-state index in [1.54, 1.807) is 68.2 Å². The molecule has 34 heteroatoms. The molecular weight excluding hydrogens is 1560 g/mol. The molecule has 10 aliphatic heterocycles. The summed E-state index contributed by atoms with van der Waals surface area (Å²) in [5.74, 6) is 0. The number of amides is 10. The molecule has 5 unspecified atom stereocenters. The van der Waals surface area contributed by atoms with E-state index in [1.165, 1.54) is 44.5 Å². The molecule has 16 rings (SSSR count). The number of fused-ring (bicyclic) bond motifs is 10. The van der Waals surface area contributed by atoms with Gasteiger partial charge in [0.15, 0.2) is 20.7 Å². The van der Waals surface area contributed by atoms with Gasteiger partial charge in [-0.1, -0.05) is 59.8 Å². The fourth-order valence-corrected chi connectivity index (χ4v) is 14.8. The van der Waals surface area contributed by atoms with Gasteiger partial charge in [-0.15, -0.1) is 13.2 Å². The summed E-state index contributed by atoms with van der Waals surface area (Å²) in [6.07, 6.45) is 38.8. The number of likely N-dealkylation sites (N-methyl/N-ethyl adjacent to an activating group) is 2. The molecule has 112 heavy (non-hydrogen) atoms. The first-order valence-electron chi connectivity index (χ1n) is 38.4. The lowest BCUT2D eigenvalue weighted by Gasteiger charge is -2.36. The first kappa shape index (κ1) is 86.4. The van der Waals surface area contributed by atoms with Gasteiger partial charge in [-0.25, -0.2) is 47.7 Å². The number of rotatable bonds is 20. The highest BCUT2D eigenvalue weighted by atomic mass is 127. The summed E-state index contributed by atoms with van der Waals surface area (Å²) in [5, 5.41) is 46.3. The number of urea groups is 5. The van der Waals surface area contributed by atoms with Gasteiger partial charge in [0, 0.05) is 105 Å². The number of quaternary nitrogens is 1. The molecule has 16 heterocycles. The molecule has 5 fully saturated rings. The number of aliphatic hydroxyl groups is 1. The Labute approximate surface area is 672 Å². The number of aliphatic hydroxyl groups excluding tert-OH is 1. The van der Waals surface area contributed by atoms with E-state index < -0.39 is 8.32 Å². The molecule has 10 amide bonds. The number of carbonyl (C=O) groups is 5. The zero-order valence-electron chi connectivity index (χ0n) is 67.2. The number of nitrogens with zero attached hydrogens (tertiary/aromatic N) is 19. The van der Waals surface area contributed by atoms with Gasteiger partial charge in [-0.3, -0.25) is 20.0 Å². The van der Waals surface area contributed by atoms with Crippen LogP contribution in [-0.2, 0) is 46.6 Å². The smallest absolute Gasteiger partial charge is 0.345 e. The number of halogens is 1. The van der Waals surface area contributed by atoms with E-state index in [-0.39, 0.29) is 72.0 Å². The van der Waals surface area contributed by atoms with Crippen LogP contribution in [0.2, 0.25) is 18.1 Å². The summed E-state index contributed by atoms with van der Waals surface area (Å²) >= 11 is 2.25. The van der Waals surface area contributed by atoms with Crippen LogP contribution < -0.4 is 9.88 Å². The lowest BCUT2D eigenvalue weighted by Crippen LogP contribution is -3.11. The van der Waals surface area contributed by atoms with Crippen LogP contribution >= 0.6 is 22.6 Å². The lowest BCUT2D eigenvalue weighted by atomic mass is 10.2. The molecular formula is C78H115IN22O10Si+2. The predicted octanol–water partition coefficient (Wildman–Crippen LogP) is 8.23. The van der Waals surface area contributed by atoms with Gasteiger partial charge in [0.05, 0.1) is 163 Å². The van der Waals surface area contributed by atoms with Crippen molar-refractivity contribution in [2.45, 2.75) is 143 Å². The molecule has 0 aromatic carbocycles. The highest BCUT2D eigenvalue weighted by molar-refractivity contribution is 14.1. The van der Waals surface area contributed by atoms with Crippen molar-refractivity contribution in [3.05, 3.63) is 180 Å². The molecule has 5 N–H and O–H groups in total. The predicted molar refractivity (Wildman–Crippen MR) is 437 cm³/mol. The second kappa shape index (κ2) is 40.3. The minimum atomic E-state index is -1.60. The summed E-state index contributed by atoms with van der Waals surface area (Å²) in [6, 6.07) is 5.67. The van der Waals surface area contributed by atoms with Crippen molar-refractivity contribution in [2.75, 3.05) is 112 Å². The van der Waals surface area contributed by atoms with Crippen LogP contribution in [0.25, 0.3) is 22.8 Å². The van der Waals surface area contributed by atoms with Crippen molar-refractivity contribution in [2.24, 2.45) is 0 Å². The Balaban J connectivity index is 0.000000150. The van der Waals surface area contributed by atoms with Gasteiger partial charge in [0.1, 0.15) is 0 Å². The Kier molecular flexibility index (Phi) is 31.1. The Morgan fingerprint density at radius 1 is 0.545 bits per heavy atom. The molecule has 6 aromatic rings. The second-order valence-electron chi connectivity index (χ2n) is 29.7. The molecule has 6 aromatic heterocycles. The van der Waals surface area contributed by atoms with E-state index in [0.29, 0.717) is 65.6 Å². The Hall–Kier alpha value is -9.56. The summed E-state index contributed by atoms with van der Waals surface area (Å²) in [5.41, 5.74) is 9.49. The van der Waals surface area contributed by atoms with Crippen LogP contribution in [0.5, 0.6) is 0 Å². The fraction of sp³-hybridized carbons (Fsp3) is 0.500. The number of pyridine rings is 1. The van der Waals surface area contributed by atoms with Gasteiger partial charge in [0.25, 0.3) is 0 Å². The van der Waals surface area contributed by atoms with E-state index in [2.05, 4.69) is 171 Å². The van der Waals surface area contributed by atoms with Gasteiger partial charge in [-0.05, 0) is 128 Å². The molecule has 5 atom stereocenters. The van der Waals surface area contributed by atoms with Crippen molar-refractivity contribution in [3.8, 4) is 0 Å². The van der Waals surface area contributed by atoms with E-state index >= 15 is 0 Å². The summed E-state index contributed by atoms with van der Waals surface area (Å²) < 4.78 is 14.5. The summed E-state index contributed by atoms with van der Waals surface area (Å²) in [6.45, 7) is 43.1. The van der Waals surface area contributed by atoms with Crippen molar-refractivity contribution in [1.82, 2.24) is 98.8 Å². The molecule has 0 radical (unpaired) electrons. The standard InChI is InChI=1S/C14H18N4O2.C12H16N4O.2C11H14N4O2.C10H20N2OSi.C9H11IN2O2.C6H15N.C5H5N/c1-3-5-20-18-13-6-12(9-16(10-13)14(18)19)17-8-11(4-2)7-15-17;1-3-9-5-13-16(6-9)11-4-10-7-15(8-11)12(17)14(10)2;1-13-9-2-10(6-14(5-9)11(13)17)15-4-8(7-16)3-12-15;1-2-8-4-12-14(5-8)9-3-10-7-13(6-9)11(16)15(10)17;1-10(2,3)14(4,5)13-8-9-6-11-12-7-9;1-2-3-14-12-8-4-7(10)5-11(6-8)9(12)13;1-4-7(5-2)6-3;1-2-4-6-5-3-1/h3,6-8,13H,1,4-5,9-10H2,2H3;4-6,10H,3,7-8H2,1-2H3;2-4,9,16H,5-7H2,1H3;3-5,10,17H,2,6-7H2,1H3;6-7H,8H2,1-5H3,(H,11,12);2,4,8H,1,3,5-6H2;4-6H2,1-3H3;1-5H/p+2. The molecule has 0 spiro atoms. The molecule has 606 valence electrons. The van der Waals surface area contributed by atoms with Crippen LogP contribution in [0, 0.1) is 0 Å². The van der Waals surface area contributed by atoms with Crippen molar-refractivity contribution < 1.29 is 58.3 Å². The minimum Gasteiger partial charge on any atom is -0.412 e. The SMILES string of the molecule is C=CCON1C(=O)N2CC(I)=CC1C2.C=CCON1C(=O)N2CC(n3cc(CC)cn3)=CC1C2.CC(C)(C)[Si](C)(C)OCc1cn[nH]c1.CC[NH+](CC)CC.CCc1cnn(C2=CC3CN(C2)C(=O)N3C)c1.CCc1cnn(C2=CC3CN(C2)C(=O)N3O)c1.CN1C(=O)N2CC(n3cc(CO)cn3)=CC1C2.c1cc[nH+]cc1. The van der Waals surface area contributed by atoms with Gasteiger partial charge < -0.3 is 48.7 Å². The number of aryl methyl sites for hydroxylation is 3. The number of H-pyrrole nitrogens is 2. The Morgan fingerprint density at radius 3 is 1.27 bits per heavy atom. The van der Waals surface area contributed by atoms with Gasteiger partial charge >= 0.3 is 30.2 Å². The maximum Gasteiger partial charge on any atom is 0.345 e. The summed E-state index contributed by atoms with van der Waals surface area (Å²) in [7, 11) is 2.07. The number of carbonyl (C=O) groups excluding carboxylic acids is 5. The first-order chi connectivity index (χ1) is 53.7. The topological polar surface area (TPSA) is 304 Å². The highest BCUT2D eigenvalue weighted by Crippen LogP contribution is 2.37. The zero-order valence-corrected chi connectivity index (χ0v) is 70.3. The molecule has 0 saturated carbocycles. The highest BCUT2D eigenvalue weighted by Gasteiger charge is 2.44. The van der Waals surface area contributed by atoms with E-state index in [9.17, 15) is 29.2 Å². The molecule has 0 aliphatic carbocycles. The Bertz CT molecular complexity index is 4030. The van der Waals surface area contributed by atoms with Crippen molar-refractivity contribution in [1.29, 1.82) is 0 Å². The molecule has 10 aliphatic rings. The maximum absolute atomic E-state index is 12.2. The average Bonchev–Trinajstić information content (AvgIpc) is 1.65. The number of aromatic nitrogens is 11. The average molecular weight is 1680 g/mol. The van der Waals surface area contributed by atoms with Gasteiger partial charge in [-0.2, -0.15) is 40.7 Å². The van der Waals surface area contributed by atoms with Gasteiger partial charge in [0.2, 0.25) is 0 Å². The van der Waals surface area contributed by atoms with Crippen LogP contribution in [0.15, 0.2) is 152 Å². The van der Waals surface area contributed by atoms with E-state index in [0.717, 1.165) is 83.4 Å². The largest absolute Gasteiger partial charge is 0.412 e. The number of hydrogen-bond acceptors (Lipinski definition) is 15. The Morgan fingerprint density at radius 2 is 0.929 bits per heavy atom. The van der Waals surface area contributed by atoms with Crippen LogP contribution in [0.3, 0.4) is 0 Å². The maximum atomic E-state index is 12.2. The van der Waals surface area contributed by atoms with E-state index in [1.807, 2.05) is 115 Å².